The summed E-state index contributed by atoms with van der Waals surface area (Å²) < 4.78 is 54.2. The van der Waals surface area contributed by atoms with Gasteiger partial charge in [-0.25, -0.2) is 17.2 Å². The second-order valence-electron chi connectivity index (χ2n) is 5.53. The lowest BCUT2D eigenvalue weighted by Gasteiger charge is -2.28. The number of halogens is 3. The smallest absolute Gasteiger partial charge is 0.207 e. The second-order valence-corrected chi connectivity index (χ2v) is 7.66. The lowest BCUT2D eigenvalue weighted by Crippen LogP contribution is -2.40. The molecule has 0 saturated carbocycles. The van der Waals surface area contributed by atoms with Crippen LogP contribution in [0.3, 0.4) is 0 Å². The quantitative estimate of drug-likeness (QED) is 0.740. The molecule has 21 heavy (non-hydrogen) atoms. The van der Waals surface area contributed by atoms with Gasteiger partial charge in [0.15, 0.2) is 5.82 Å². The van der Waals surface area contributed by atoms with Crippen LogP contribution in [-0.4, -0.2) is 25.3 Å². The Labute approximate surface area is 130 Å². The van der Waals surface area contributed by atoms with Crippen LogP contribution in [0.1, 0.15) is 33.3 Å². The normalized spacial score (nSPS) is 12.7. The lowest BCUT2D eigenvalue weighted by atomic mass is 10.2. The van der Waals surface area contributed by atoms with E-state index in [1.54, 1.807) is 13.8 Å². The summed E-state index contributed by atoms with van der Waals surface area (Å²) in [5, 5.41) is 0. The highest BCUT2D eigenvalue weighted by atomic mass is 35.5. The van der Waals surface area contributed by atoms with Gasteiger partial charge in [-0.05, 0) is 31.9 Å². The molecule has 0 aliphatic heterocycles. The number of sulfonamides is 1. The number of benzene rings is 1. The number of rotatable bonds is 6. The molecule has 1 rings (SSSR count). The molecule has 0 atom stereocenters. The van der Waals surface area contributed by atoms with E-state index >= 15 is 0 Å². The van der Waals surface area contributed by atoms with E-state index in [4.69, 9.17) is 11.6 Å². The first-order valence-corrected chi connectivity index (χ1v) is 8.65. The van der Waals surface area contributed by atoms with E-state index in [1.165, 1.54) is 4.31 Å². The lowest BCUT2D eigenvalue weighted by molar-refractivity contribution is 0.317. The van der Waals surface area contributed by atoms with Crippen LogP contribution in [0, 0.1) is 17.6 Å². The Kier molecular flexibility index (Phi) is 6.13. The van der Waals surface area contributed by atoms with E-state index in [9.17, 15) is 17.2 Å². The molecular weight excluding hydrogens is 320 g/mol. The summed E-state index contributed by atoms with van der Waals surface area (Å²) in [4.78, 5) is -0.533. The maximum Gasteiger partial charge on any atom is 0.246 e. The molecular formula is C14H20ClF2NO2S. The van der Waals surface area contributed by atoms with E-state index in [0.717, 1.165) is 12.1 Å². The summed E-state index contributed by atoms with van der Waals surface area (Å²) in [5.74, 6) is -2.30. The molecule has 0 heterocycles. The van der Waals surface area contributed by atoms with Crippen molar-refractivity contribution in [2.24, 2.45) is 5.92 Å². The van der Waals surface area contributed by atoms with Gasteiger partial charge in [-0.1, -0.05) is 13.8 Å². The summed E-state index contributed by atoms with van der Waals surface area (Å²) in [6.45, 7) is 7.42. The van der Waals surface area contributed by atoms with Crippen LogP contribution in [0.15, 0.2) is 17.0 Å². The molecule has 0 unspecified atom stereocenters. The molecule has 0 spiro atoms. The topological polar surface area (TPSA) is 37.4 Å². The Morgan fingerprint density at radius 3 is 2.19 bits per heavy atom. The Hall–Kier alpha value is -0.720. The highest BCUT2D eigenvalue weighted by molar-refractivity contribution is 7.89. The van der Waals surface area contributed by atoms with E-state index in [-0.39, 0.29) is 18.5 Å². The van der Waals surface area contributed by atoms with Crippen molar-refractivity contribution in [1.82, 2.24) is 4.31 Å². The molecule has 1 aromatic rings. The summed E-state index contributed by atoms with van der Waals surface area (Å²) in [5.41, 5.74) is -0.425. The molecule has 3 nitrogen and oxygen atoms in total. The van der Waals surface area contributed by atoms with Crippen molar-refractivity contribution < 1.29 is 17.2 Å². The van der Waals surface area contributed by atoms with Crippen LogP contribution in [0.2, 0.25) is 0 Å². The van der Waals surface area contributed by atoms with Crippen molar-refractivity contribution >= 4 is 21.6 Å². The standard InChI is InChI=1S/C14H20ClF2NO2S/c1-9(2)8-18(10(3)4)21(19,20)13-6-5-12(16)11(7-15)14(13)17/h5-6,9-10H,7-8H2,1-4H3. The fraction of sp³-hybridized carbons (Fsp3) is 0.571. The molecule has 0 fully saturated rings. The first kappa shape index (κ1) is 18.3. The monoisotopic (exact) mass is 339 g/mol. The van der Waals surface area contributed by atoms with E-state index in [2.05, 4.69) is 0 Å². The van der Waals surface area contributed by atoms with E-state index in [0.29, 0.717) is 0 Å². The minimum atomic E-state index is -4.04. The van der Waals surface area contributed by atoms with Crippen molar-refractivity contribution in [1.29, 1.82) is 0 Å². The highest BCUT2D eigenvalue weighted by Gasteiger charge is 2.31. The second kappa shape index (κ2) is 7.03. The number of alkyl halides is 1. The third-order valence-electron chi connectivity index (χ3n) is 2.99. The van der Waals surface area contributed by atoms with Gasteiger partial charge in [-0.2, -0.15) is 4.31 Å². The Morgan fingerprint density at radius 2 is 1.76 bits per heavy atom. The van der Waals surface area contributed by atoms with E-state index in [1.807, 2.05) is 13.8 Å². The minimum Gasteiger partial charge on any atom is -0.207 e. The molecule has 1 aromatic carbocycles. The van der Waals surface area contributed by atoms with Crippen molar-refractivity contribution in [2.45, 2.75) is 44.5 Å². The fourth-order valence-corrected chi connectivity index (χ4v) is 4.11. The van der Waals surface area contributed by atoms with Crippen molar-refractivity contribution in [3.05, 3.63) is 29.3 Å². The predicted molar refractivity (Wildman–Crippen MR) is 79.8 cm³/mol. The molecule has 0 bridgehead atoms. The fourth-order valence-electron chi connectivity index (χ4n) is 1.97. The van der Waals surface area contributed by atoms with Gasteiger partial charge in [0.2, 0.25) is 10.0 Å². The first-order chi connectivity index (χ1) is 9.62. The van der Waals surface area contributed by atoms with Crippen LogP contribution in [0.5, 0.6) is 0 Å². The maximum atomic E-state index is 14.3. The van der Waals surface area contributed by atoms with Gasteiger partial charge >= 0.3 is 0 Å². The van der Waals surface area contributed by atoms with Crippen LogP contribution in [0.25, 0.3) is 0 Å². The van der Waals surface area contributed by atoms with E-state index < -0.39 is 38.0 Å². The molecule has 0 aliphatic rings. The van der Waals surface area contributed by atoms with Gasteiger partial charge in [0.1, 0.15) is 10.7 Å². The minimum absolute atomic E-state index is 0.0816. The SMILES string of the molecule is CC(C)CN(C(C)C)S(=O)(=O)c1ccc(F)c(CCl)c1F. The molecule has 0 saturated heterocycles. The zero-order valence-corrected chi connectivity index (χ0v) is 14.1. The Bertz CT molecular complexity index is 603. The highest BCUT2D eigenvalue weighted by Crippen LogP contribution is 2.26. The van der Waals surface area contributed by atoms with Gasteiger partial charge in [-0.15, -0.1) is 11.6 Å². The van der Waals surface area contributed by atoms with Gasteiger partial charge in [0.05, 0.1) is 5.88 Å². The maximum absolute atomic E-state index is 14.3. The Morgan fingerprint density at radius 1 is 1.19 bits per heavy atom. The largest absolute Gasteiger partial charge is 0.246 e. The number of hydrogen-bond acceptors (Lipinski definition) is 2. The third kappa shape index (κ3) is 3.93. The molecule has 0 radical (unpaired) electrons. The van der Waals surface area contributed by atoms with Gasteiger partial charge in [-0.3, -0.25) is 0 Å². The summed E-state index contributed by atoms with van der Waals surface area (Å²) in [6.07, 6.45) is 0. The zero-order chi connectivity index (χ0) is 16.4. The van der Waals surface area contributed by atoms with Crippen LogP contribution in [0.4, 0.5) is 8.78 Å². The molecule has 7 heteroatoms. The summed E-state index contributed by atoms with van der Waals surface area (Å²) >= 11 is 5.50. The molecule has 0 amide bonds. The average molecular weight is 340 g/mol. The molecule has 120 valence electrons. The van der Waals surface area contributed by atoms with Crippen molar-refractivity contribution in [3.8, 4) is 0 Å². The van der Waals surface area contributed by atoms with Crippen LogP contribution in [-0.2, 0) is 15.9 Å². The summed E-state index contributed by atoms with van der Waals surface area (Å²) in [7, 11) is -4.04. The molecule has 0 N–H and O–H groups in total. The van der Waals surface area contributed by atoms with Gasteiger partial charge < -0.3 is 0 Å². The van der Waals surface area contributed by atoms with Crippen molar-refractivity contribution in [3.63, 3.8) is 0 Å². The Balaban J connectivity index is 3.42. The average Bonchev–Trinajstić information content (AvgIpc) is 2.35. The van der Waals surface area contributed by atoms with Gasteiger partial charge in [0.25, 0.3) is 0 Å². The third-order valence-corrected chi connectivity index (χ3v) is 5.32. The zero-order valence-electron chi connectivity index (χ0n) is 12.5. The number of nitrogens with zero attached hydrogens (tertiary/aromatic N) is 1. The first-order valence-electron chi connectivity index (χ1n) is 6.67. The van der Waals surface area contributed by atoms with Crippen LogP contribution < -0.4 is 0 Å². The van der Waals surface area contributed by atoms with Gasteiger partial charge in [0, 0.05) is 18.2 Å². The molecule has 0 aromatic heterocycles. The molecule has 0 aliphatic carbocycles. The van der Waals surface area contributed by atoms with Crippen molar-refractivity contribution in [2.75, 3.05) is 6.54 Å². The van der Waals surface area contributed by atoms with Crippen LogP contribution >= 0.6 is 11.6 Å². The predicted octanol–water partition coefficient (Wildman–Crippen LogP) is 3.76. The summed E-state index contributed by atoms with van der Waals surface area (Å²) in [6, 6.07) is 1.55. The number of hydrogen-bond donors (Lipinski definition) is 0.